The van der Waals surface area contributed by atoms with E-state index in [0.717, 1.165) is 23.1 Å². The molecule has 2 aromatic carbocycles. The van der Waals surface area contributed by atoms with Crippen LogP contribution in [0.3, 0.4) is 0 Å². The van der Waals surface area contributed by atoms with Crippen molar-refractivity contribution in [1.82, 2.24) is 9.88 Å². The number of para-hydroxylation sites is 1. The molecule has 0 radical (unpaired) electrons. The molecule has 1 fully saturated rings. The number of carbonyl (C=O) groups excluding carboxylic acids is 1. The van der Waals surface area contributed by atoms with Crippen LogP contribution in [-0.2, 0) is 0 Å². The number of fused-ring (bicyclic) bond motifs is 1. The summed E-state index contributed by atoms with van der Waals surface area (Å²) in [5.74, 6) is 0.905. The van der Waals surface area contributed by atoms with Crippen LogP contribution in [0.15, 0.2) is 48.5 Å². The van der Waals surface area contributed by atoms with Gasteiger partial charge in [-0.05, 0) is 49.2 Å². The predicted molar refractivity (Wildman–Crippen MR) is 126 cm³/mol. The van der Waals surface area contributed by atoms with Crippen molar-refractivity contribution in [2.45, 2.75) is 19.8 Å². The number of benzene rings is 2. The number of nitrogens with zero attached hydrogens (tertiary/aromatic N) is 4. The molecule has 3 aromatic rings. The van der Waals surface area contributed by atoms with Crippen LogP contribution in [0.1, 0.15) is 25.3 Å². The number of hydrogen-bond acceptors (Lipinski definition) is 5. The number of anilines is 2. The fourth-order valence-electron chi connectivity index (χ4n) is 3.87. The topological polar surface area (TPSA) is 81.5 Å². The molecule has 0 saturated carbocycles. The number of pyridine rings is 1. The molecular formula is C25H26FN5O2. The summed E-state index contributed by atoms with van der Waals surface area (Å²) in [6.07, 6.45) is 1.63. The first-order chi connectivity index (χ1) is 16.1. The number of ether oxygens (including phenoxy) is 1. The van der Waals surface area contributed by atoms with E-state index in [0.29, 0.717) is 50.6 Å². The Kier molecular flexibility index (Phi) is 6.89. The summed E-state index contributed by atoms with van der Waals surface area (Å²) < 4.78 is 19.6. The van der Waals surface area contributed by atoms with E-state index in [2.05, 4.69) is 18.3 Å². The fourth-order valence-corrected chi connectivity index (χ4v) is 3.87. The van der Waals surface area contributed by atoms with E-state index in [1.54, 1.807) is 17.0 Å². The van der Waals surface area contributed by atoms with E-state index in [1.165, 1.54) is 12.1 Å². The molecule has 1 N–H and O–H groups in total. The fraction of sp³-hybridized carbons (Fsp3) is 0.320. The third-order valence-electron chi connectivity index (χ3n) is 5.56. The molecule has 0 aliphatic carbocycles. The quantitative estimate of drug-likeness (QED) is 0.609. The summed E-state index contributed by atoms with van der Waals surface area (Å²) in [4.78, 5) is 21.1. The number of urea groups is 1. The minimum Gasteiger partial charge on any atom is -0.494 e. The summed E-state index contributed by atoms with van der Waals surface area (Å²) in [5, 5.41) is 13.3. The molecule has 1 aliphatic heterocycles. The molecule has 1 saturated heterocycles. The van der Waals surface area contributed by atoms with Crippen molar-refractivity contribution >= 4 is 28.4 Å². The van der Waals surface area contributed by atoms with Crippen molar-refractivity contribution < 1.29 is 13.9 Å². The molecule has 2 amide bonds. The van der Waals surface area contributed by atoms with Gasteiger partial charge in [0.05, 0.1) is 23.4 Å². The molecule has 1 aliphatic rings. The number of nitriles is 1. The Labute approximate surface area is 192 Å². The van der Waals surface area contributed by atoms with Crippen molar-refractivity contribution in [1.29, 1.82) is 5.26 Å². The second-order valence-corrected chi connectivity index (χ2v) is 7.91. The Morgan fingerprint density at radius 2 is 2.03 bits per heavy atom. The van der Waals surface area contributed by atoms with Gasteiger partial charge in [-0.25, -0.2) is 14.2 Å². The Bertz CT molecular complexity index is 1190. The molecule has 1 aromatic heterocycles. The molecule has 33 heavy (non-hydrogen) atoms. The van der Waals surface area contributed by atoms with E-state index in [1.807, 2.05) is 29.2 Å². The van der Waals surface area contributed by atoms with Gasteiger partial charge < -0.3 is 19.9 Å². The molecule has 7 nitrogen and oxygen atoms in total. The van der Waals surface area contributed by atoms with Crippen LogP contribution in [-0.4, -0.2) is 48.7 Å². The van der Waals surface area contributed by atoms with E-state index < -0.39 is 5.82 Å². The highest BCUT2D eigenvalue weighted by atomic mass is 19.1. The van der Waals surface area contributed by atoms with E-state index in [9.17, 15) is 14.4 Å². The Morgan fingerprint density at radius 1 is 1.18 bits per heavy atom. The molecule has 170 valence electrons. The molecular weight excluding hydrogens is 421 g/mol. The second-order valence-electron chi connectivity index (χ2n) is 7.91. The molecule has 2 heterocycles. The lowest BCUT2D eigenvalue weighted by atomic mass is 10.1. The van der Waals surface area contributed by atoms with Crippen LogP contribution in [0.25, 0.3) is 10.9 Å². The number of nitrogens with one attached hydrogen (secondary N) is 1. The minimum atomic E-state index is -0.468. The number of halogens is 1. The lowest BCUT2D eigenvalue weighted by molar-refractivity contribution is 0.215. The van der Waals surface area contributed by atoms with Gasteiger partial charge in [-0.15, -0.1) is 0 Å². The maximum Gasteiger partial charge on any atom is 0.321 e. The van der Waals surface area contributed by atoms with Gasteiger partial charge in [0.2, 0.25) is 0 Å². The van der Waals surface area contributed by atoms with Gasteiger partial charge in [0, 0.05) is 31.6 Å². The van der Waals surface area contributed by atoms with E-state index in [4.69, 9.17) is 9.72 Å². The zero-order valence-corrected chi connectivity index (χ0v) is 18.6. The van der Waals surface area contributed by atoms with Crippen LogP contribution < -0.4 is 15.0 Å². The van der Waals surface area contributed by atoms with Gasteiger partial charge in [0.1, 0.15) is 23.5 Å². The molecule has 0 bridgehead atoms. The third kappa shape index (κ3) is 5.14. The first-order valence-corrected chi connectivity index (χ1v) is 11.1. The lowest BCUT2D eigenvalue weighted by Gasteiger charge is -2.24. The third-order valence-corrected chi connectivity index (χ3v) is 5.56. The van der Waals surface area contributed by atoms with Crippen LogP contribution >= 0.6 is 0 Å². The second kappa shape index (κ2) is 10.2. The average Bonchev–Trinajstić information content (AvgIpc) is 3.09. The highest BCUT2D eigenvalue weighted by Gasteiger charge is 2.22. The smallest absolute Gasteiger partial charge is 0.321 e. The van der Waals surface area contributed by atoms with Gasteiger partial charge in [0.15, 0.2) is 0 Å². The predicted octanol–water partition coefficient (Wildman–Crippen LogP) is 4.78. The van der Waals surface area contributed by atoms with Gasteiger partial charge in [0.25, 0.3) is 0 Å². The number of hydrogen-bond donors (Lipinski definition) is 1. The standard InChI is InChI=1S/C25H26FN5O2/c1-2-14-33-20-8-9-22-18(16-20)15-19(17-27)24(28-22)30-10-5-11-31(13-12-30)25(32)29-23-7-4-3-6-21(23)26/h3-4,6-9,15-16H,2,5,10-14H2,1H3,(H,29,32). The summed E-state index contributed by atoms with van der Waals surface area (Å²) in [7, 11) is 0. The SMILES string of the molecule is CCCOc1ccc2nc(N3CCCN(C(=O)Nc4ccccc4F)CC3)c(C#N)cc2c1. The van der Waals surface area contributed by atoms with Gasteiger partial charge in [-0.3, -0.25) is 0 Å². The highest BCUT2D eigenvalue weighted by Crippen LogP contribution is 2.27. The van der Waals surface area contributed by atoms with E-state index >= 15 is 0 Å². The molecule has 0 unspecified atom stereocenters. The summed E-state index contributed by atoms with van der Waals surface area (Å²) >= 11 is 0. The summed E-state index contributed by atoms with van der Waals surface area (Å²) in [6, 6.07) is 15.6. The largest absolute Gasteiger partial charge is 0.494 e. The van der Waals surface area contributed by atoms with Crippen molar-refractivity contribution in [2.75, 3.05) is 43.0 Å². The maximum absolute atomic E-state index is 13.9. The first kappa shape index (κ1) is 22.3. The summed E-state index contributed by atoms with van der Waals surface area (Å²) in [5.41, 5.74) is 1.43. The average molecular weight is 448 g/mol. The van der Waals surface area contributed by atoms with Crippen LogP contribution in [0.5, 0.6) is 5.75 Å². The molecule has 0 spiro atoms. The zero-order chi connectivity index (χ0) is 23.2. The van der Waals surface area contributed by atoms with Crippen molar-refractivity contribution in [3.05, 3.63) is 59.9 Å². The molecule has 4 rings (SSSR count). The van der Waals surface area contributed by atoms with Crippen LogP contribution in [0.4, 0.5) is 20.7 Å². The van der Waals surface area contributed by atoms with E-state index in [-0.39, 0.29) is 11.7 Å². The maximum atomic E-state index is 13.9. The van der Waals surface area contributed by atoms with Crippen molar-refractivity contribution in [3.8, 4) is 11.8 Å². The summed E-state index contributed by atoms with van der Waals surface area (Å²) in [6.45, 7) is 4.84. The number of rotatable bonds is 5. The van der Waals surface area contributed by atoms with Crippen molar-refractivity contribution in [2.24, 2.45) is 0 Å². The normalized spacial score (nSPS) is 14.0. The minimum absolute atomic E-state index is 0.161. The van der Waals surface area contributed by atoms with Crippen LogP contribution in [0.2, 0.25) is 0 Å². The first-order valence-electron chi connectivity index (χ1n) is 11.1. The number of amides is 2. The monoisotopic (exact) mass is 447 g/mol. The molecule has 8 heteroatoms. The Balaban J connectivity index is 1.50. The van der Waals surface area contributed by atoms with Crippen LogP contribution in [0, 0.1) is 17.1 Å². The lowest BCUT2D eigenvalue weighted by Crippen LogP contribution is -2.38. The molecule has 0 atom stereocenters. The Morgan fingerprint density at radius 3 is 2.82 bits per heavy atom. The Hall–Kier alpha value is -3.86. The highest BCUT2D eigenvalue weighted by molar-refractivity contribution is 5.89. The number of aromatic nitrogens is 1. The number of carbonyl (C=O) groups is 1. The van der Waals surface area contributed by atoms with Gasteiger partial charge in [-0.1, -0.05) is 19.1 Å². The zero-order valence-electron chi connectivity index (χ0n) is 18.6. The van der Waals surface area contributed by atoms with Gasteiger partial charge >= 0.3 is 6.03 Å². The van der Waals surface area contributed by atoms with Gasteiger partial charge in [-0.2, -0.15) is 5.26 Å². The van der Waals surface area contributed by atoms with Crippen molar-refractivity contribution in [3.63, 3.8) is 0 Å².